The van der Waals surface area contributed by atoms with Gasteiger partial charge >= 0.3 is 0 Å². The number of para-hydroxylation sites is 1. The minimum Gasteiger partial charge on any atom is -0.496 e. The lowest BCUT2D eigenvalue weighted by Gasteiger charge is -2.18. The fourth-order valence-corrected chi connectivity index (χ4v) is 3.88. The van der Waals surface area contributed by atoms with Crippen molar-refractivity contribution in [2.45, 2.75) is 18.3 Å². The van der Waals surface area contributed by atoms with Gasteiger partial charge in [-0.2, -0.15) is 0 Å². The van der Waals surface area contributed by atoms with Crippen molar-refractivity contribution in [3.63, 3.8) is 0 Å². The van der Waals surface area contributed by atoms with Gasteiger partial charge in [0.25, 0.3) is 0 Å². The first kappa shape index (κ1) is 21.4. The molecule has 2 aromatic carbocycles. The molecule has 8 heteroatoms. The van der Waals surface area contributed by atoms with E-state index in [0.29, 0.717) is 17.5 Å². The number of methoxy groups -OCH3 is 1. The summed E-state index contributed by atoms with van der Waals surface area (Å²) in [6, 6.07) is 22.7. The largest absolute Gasteiger partial charge is 0.496 e. The van der Waals surface area contributed by atoms with Gasteiger partial charge in [-0.05, 0) is 55.3 Å². The fourth-order valence-electron chi connectivity index (χ4n) is 3.88. The molecule has 2 aromatic heterocycles. The van der Waals surface area contributed by atoms with Crippen LogP contribution in [0.15, 0.2) is 85.3 Å². The monoisotopic (exact) mass is 452 g/mol. The third kappa shape index (κ3) is 4.52. The van der Waals surface area contributed by atoms with Crippen molar-refractivity contribution in [2.24, 2.45) is 0 Å². The summed E-state index contributed by atoms with van der Waals surface area (Å²) in [5.41, 5.74) is 1.98. The van der Waals surface area contributed by atoms with E-state index in [0.717, 1.165) is 35.5 Å². The predicted molar refractivity (Wildman–Crippen MR) is 132 cm³/mol. The normalized spacial score (nSPS) is 13.6. The van der Waals surface area contributed by atoms with Crippen LogP contribution in [-0.4, -0.2) is 28.0 Å². The second-order valence-electron chi connectivity index (χ2n) is 8.07. The molecule has 5 rings (SSSR count). The topological polar surface area (TPSA) is 101 Å². The lowest BCUT2D eigenvalue weighted by Crippen LogP contribution is -2.28. The summed E-state index contributed by atoms with van der Waals surface area (Å²) in [6.45, 7) is 0. The zero-order chi connectivity index (χ0) is 23.4. The summed E-state index contributed by atoms with van der Waals surface area (Å²) in [6.07, 6.45) is 4.81. The standard InChI is InChI=1S/C26H24N6O2/c1-34-21-7-3-2-6-20(21)26(13-14-26)25(33)31-19-11-9-18(10-12-19)30-23-16-24(29-17-28-23)32-22-8-4-5-15-27-22/h2-12,15-17H,13-14H2,1H3,(H,31,33)(H2,27,28,29,30,32). The molecule has 8 nitrogen and oxygen atoms in total. The highest BCUT2D eigenvalue weighted by molar-refractivity contribution is 6.02. The van der Waals surface area contributed by atoms with E-state index >= 15 is 0 Å². The molecule has 0 unspecified atom stereocenters. The number of anilines is 5. The van der Waals surface area contributed by atoms with Gasteiger partial charge in [0, 0.05) is 29.2 Å². The molecule has 0 aliphatic heterocycles. The first-order valence-electron chi connectivity index (χ1n) is 11.0. The number of carbonyl (C=O) groups excluding carboxylic acids is 1. The van der Waals surface area contributed by atoms with Crippen molar-refractivity contribution in [1.82, 2.24) is 15.0 Å². The van der Waals surface area contributed by atoms with Crippen LogP contribution in [-0.2, 0) is 10.2 Å². The molecule has 3 N–H and O–H groups in total. The van der Waals surface area contributed by atoms with Crippen molar-refractivity contribution in [3.05, 3.63) is 90.9 Å². The number of pyridine rings is 1. The average molecular weight is 453 g/mol. The molecular formula is C26H24N6O2. The van der Waals surface area contributed by atoms with E-state index in [-0.39, 0.29) is 5.91 Å². The molecule has 1 aliphatic rings. The van der Waals surface area contributed by atoms with Crippen LogP contribution in [0.3, 0.4) is 0 Å². The first-order chi connectivity index (χ1) is 16.7. The zero-order valence-corrected chi connectivity index (χ0v) is 18.7. The summed E-state index contributed by atoms with van der Waals surface area (Å²) in [5, 5.41) is 9.45. The first-order valence-corrected chi connectivity index (χ1v) is 11.0. The van der Waals surface area contributed by atoms with Crippen molar-refractivity contribution in [1.29, 1.82) is 0 Å². The lowest BCUT2D eigenvalue weighted by atomic mass is 9.94. The number of aromatic nitrogens is 3. The Morgan fingerprint density at radius 1 is 0.824 bits per heavy atom. The molecule has 0 spiro atoms. The van der Waals surface area contributed by atoms with Crippen LogP contribution >= 0.6 is 0 Å². The van der Waals surface area contributed by atoms with E-state index in [1.54, 1.807) is 19.4 Å². The summed E-state index contributed by atoms with van der Waals surface area (Å²) >= 11 is 0. The second-order valence-corrected chi connectivity index (χ2v) is 8.07. The molecule has 34 heavy (non-hydrogen) atoms. The molecule has 170 valence electrons. The van der Waals surface area contributed by atoms with Crippen LogP contribution in [0.5, 0.6) is 5.75 Å². The SMILES string of the molecule is COc1ccccc1C1(C(=O)Nc2ccc(Nc3cc(Nc4ccccn4)ncn3)cc2)CC1. The highest BCUT2D eigenvalue weighted by Crippen LogP contribution is 2.52. The van der Waals surface area contributed by atoms with E-state index < -0.39 is 5.41 Å². The maximum atomic E-state index is 13.1. The van der Waals surface area contributed by atoms with Gasteiger partial charge in [-0.1, -0.05) is 24.3 Å². The highest BCUT2D eigenvalue weighted by atomic mass is 16.5. The Labute approximate surface area is 197 Å². The maximum absolute atomic E-state index is 13.1. The Hall–Kier alpha value is -4.46. The third-order valence-electron chi connectivity index (χ3n) is 5.81. The van der Waals surface area contributed by atoms with Gasteiger partial charge in [-0.3, -0.25) is 4.79 Å². The Morgan fingerprint density at radius 2 is 1.53 bits per heavy atom. The highest BCUT2D eigenvalue weighted by Gasteiger charge is 2.52. The van der Waals surface area contributed by atoms with Gasteiger partial charge in [-0.15, -0.1) is 0 Å². The van der Waals surface area contributed by atoms with Gasteiger partial charge < -0.3 is 20.7 Å². The minimum atomic E-state index is -0.526. The van der Waals surface area contributed by atoms with E-state index in [1.165, 1.54) is 6.33 Å². The van der Waals surface area contributed by atoms with E-state index in [9.17, 15) is 4.79 Å². The Bertz CT molecular complexity index is 1290. The van der Waals surface area contributed by atoms with Gasteiger partial charge in [0.15, 0.2) is 0 Å². The van der Waals surface area contributed by atoms with Gasteiger partial charge in [0.2, 0.25) is 5.91 Å². The van der Waals surface area contributed by atoms with Crippen LogP contribution in [0.2, 0.25) is 0 Å². The van der Waals surface area contributed by atoms with Crippen LogP contribution < -0.4 is 20.7 Å². The third-order valence-corrected chi connectivity index (χ3v) is 5.81. The number of amides is 1. The Morgan fingerprint density at radius 3 is 2.24 bits per heavy atom. The Kier molecular flexibility index (Phi) is 5.78. The van der Waals surface area contributed by atoms with Crippen molar-refractivity contribution < 1.29 is 9.53 Å². The van der Waals surface area contributed by atoms with Crippen molar-refractivity contribution in [3.8, 4) is 5.75 Å². The molecule has 0 bridgehead atoms. The van der Waals surface area contributed by atoms with Crippen LogP contribution in [0.4, 0.5) is 28.8 Å². The molecule has 1 fully saturated rings. The lowest BCUT2D eigenvalue weighted by molar-refractivity contribution is -0.118. The Balaban J connectivity index is 1.24. The summed E-state index contributed by atoms with van der Waals surface area (Å²) in [7, 11) is 1.63. The summed E-state index contributed by atoms with van der Waals surface area (Å²) < 4.78 is 5.48. The van der Waals surface area contributed by atoms with E-state index in [4.69, 9.17) is 4.74 Å². The fraction of sp³-hybridized carbons (Fsp3) is 0.154. The predicted octanol–water partition coefficient (Wildman–Crippen LogP) is 5.04. The molecule has 1 amide bonds. The van der Waals surface area contributed by atoms with Crippen LogP contribution in [0.25, 0.3) is 0 Å². The zero-order valence-electron chi connectivity index (χ0n) is 18.7. The molecule has 0 saturated heterocycles. The number of carbonyl (C=O) groups is 1. The number of nitrogens with one attached hydrogen (secondary N) is 3. The number of benzene rings is 2. The summed E-state index contributed by atoms with van der Waals surface area (Å²) in [4.78, 5) is 25.9. The van der Waals surface area contributed by atoms with Gasteiger partial charge in [-0.25, -0.2) is 15.0 Å². The number of hydrogen-bond acceptors (Lipinski definition) is 7. The molecule has 4 aromatic rings. The molecule has 0 radical (unpaired) electrons. The molecule has 2 heterocycles. The van der Waals surface area contributed by atoms with Gasteiger partial charge in [0.1, 0.15) is 29.5 Å². The van der Waals surface area contributed by atoms with E-state index in [1.807, 2.05) is 66.7 Å². The molecule has 0 atom stereocenters. The number of ether oxygens (including phenoxy) is 1. The number of nitrogens with zero attached hydrogens (tertiary/aromatic N) is 3. The quantitative estimate of drug-likeness (QED) is 0.344. The smallest absolute Gasteiger partial charge is 0.235 e. The van der Waals surface area contributed by atoms with Crippen molar-refractivity contribution in [2.75, 3.05) is 23.1 Å². The van der Waals surface area contributed by atoms with Crippen LogP contribution in [0.1, 0.15) is 18.4 Å². The maximum Gasteiger partial charge on any atom is 0.235 e. The minimum absolute atomic E-state index is 0.0150. The molecular weight excluding hydrogens is 428 g/mol. The van der Waals surface area contributed by atoms with Gasteiger partial charge in [0.05, 0.1) is 12.5 Å². The molecule has 1 aliphatic carbocycles. The number of hydrogen-bond donors (Lipinski definition) is 3. The van der Waals surface area contributed by atoms with Crippen molar-refractivity contribution >= 4 is 34.7 Å². The average Bonchev–Trinajstić information content (AvgIpc) is 3.68. The second kappa shape index (κ2) is 9.19. The number of rotatable bonds is 8. The van der Waals surface area contributed by atoms with Crippen LogP contribution in [0, 0.1) is 0 Å². The summed E-state index contributed by atoms with van der Waals surface area (Å²) in [5.74, 6) is 2.70. The molecule has 1 saturated carbocycles. The van der Waals surface area contributed by atoms with E-state index in [2.05, 4.69) is 30.9 Å².